The first-order chi connectivity index (χ1) is 14.6. The Kier molecular flexibility index (Phi) is 5.65. The minimum Gasteiger partial charge on any atom is -0.481 e. The number of fused-ring (bicyclic) bond motifs is 1. The monoisotopic (exact) mass is 407 g/mol. The van der Waals surface area contributed by atoms with Crippen molar-refractivity contribution in [3.8, 4) is 28.5 Å². The molecule has 8 nitrogen and oxygen atoms in total. The van der Waals surface area contributed by atoms with Gasteiger partial charge in [-0.25, -0.2) is 4.68 Å². The van der Waals surface area contributed by atoms with E-state index in [0.717, 1.165) is 5.56 Å². The zero-order valence-corrected chi connectivity index (χ0v) is 16.4. The van der Waals surface area contributed by atoms with Gasteiger partial charge in [0.05, 0.1) is 12.2 Å². The molecule has 0 fully saturated rings. The second-order valence-electron chi connectivity index (χ2n) is 6.71. The maximum Gasteiger partial charge on any atom is 0.266 e. The number of aromatic nitrogens is 2. The summed E-state index contributed by atoms with van der Waals surface area (Å²) >= 11 is 0. The summed E-state index contributed by atoms with van der Waals surface area (Å²) in [6, 6.07) is 17.9. The summed E-state index contributed by atoms with van der Waals surface area (Å²) < 4.78 is 17.6. The molecule has 0 spiro atoms. The van der Waals surface area contributed by atoms with E-state index in [1.54, 1.807) is 31.2 Å². The molecule has 0 aliphatic carbocycles. The first-order valence-corrected chi connectivity index (χ1v) is 9.58. The van der Waals surface area contributed by atoms with Crippen LogP contribution in [0.5, 0.6) is 17.2 Å². The van der Waals surface area contributed by atoms with Crippen LogP contribution in [0, 0.1) is 0 Å². The third kappa shape index (κ3) is 4.43. The van der Waals surface area contributed by atoms with Crippen LogP contribution < -0.4 is 25.1 Å². The van der Waals surface area contributed by atoms with E-state index in [0.29, 0.717) is 22.9 Å². The van der Waals surface area contributed by atoms with Crippen LogP contribution in [-0.4, -0.2) is 35.1 Å². The molecule has 2 heterocycles. The number of rotatable bonds is 7. The van der Waals surface area contributed by atoms with Crippen LogP contribution in [0.1, 0.15) is 6.92 Å². The smallest absolute Gasteiger partial charge is 0.266 e. The first-order valence-electron chi connectivity index (χ1n) is 9.58. The summed E-state index contributed by atoms with van der Waals surface area (Å²) in [6.45, 7) is 2.33. The number of carbonyl (C=O) groups excluding carboxylic acids is 1. The Morgan fingerprint density at radius 1 is 1.13 bits per heavy atom. The van der Waals surface area contributed by atoms with E-state index in [4.69, 9.17) is 14.2 Å². The number of hydrogen-bond donors (Lipinski definition) is 1. The molecule has 0 bridgehead atoms. The van der Waals surface area contributed by atoms with Gasteiger partial charge in [0.15, 0.2) is 17.6 Å². The molecule has 154 valence electrons. The van der Waals surface area contributed by atoms with E-state index < -0.39 is 6.10 Å². The average molecular weight is 407 g/mol. The van der Waals surface area contributed by atoms with Crippen molar-refractivity contribution in [1.29, 1.82) is 0 Å². The number of carbonyl (C=O) groups is 1. The molecule has 0 saturated carbocycles. The molecule has 2 aromatic carbocycles. The Morgan fingerprint density at radius 2 is 1.93 bits per heavy atom. The molecule has 30 heavy (non-hydrogen) atoms. The second kappa shape index (κ2) is 8.69. The van der Waals surface area contributed by atoms with E-state index >= 15 is 0 Å². The van der Waals surface area contributed by atoms with Gasteiger partial charge < -0.3 is 19.5 Å². The lowest BCUT2D eigenvalue weighted by Gasteiger charge is -2.15. The van der Waals surface area contributed by atoms with Crippen LogP contribution in [0.2, 0.25) is 0 Å². The van der Waals surface area contributed by atoms with E-state index in [1.165, 1.54) is 10.7 Å². The Morgan fingerprint density at radius 3 is 2.77 bits per heavy atom. The van der Waals surface area contributed by atoms with Crippen molar-refractivity contribution in [3.05, 3.63) is 71.0 Å². The lowest BCUT2D eigenvalue weighted by Crippen LogP contribution is -2.39. The molecule has 1 atom stereocenters. The van der Waals surface area contributed by atoms with Crippen LogP contribution in [0.15, 0.2) is 65.5 Å². The molecule has 3 aromatic rings. The lowest BCUT2D eigenvalue weighted by molar-refractivity contribution is -0.127. The van der Waals surface area contributed by atoms with Crippen LogP contribution >= 0.6 is 0 Å². The fourth-order valence-corrected chi connectivity index (χ4v) is 3.01. The molecule has 8 heteroatoms. The van der Waals surface area contributed by atoms with Crippen molar-refractivity contribution >= 4 is 5.91 Å². The number of nitrogens with zero attached hydrogens (tertiary/aromatic N) is 2. The van der Waals surface area contributed by atoms with Crippen molar-refractivity contribution in [2.75, 3.05) is 13.3 Å². The third-order valence-electron chi connectivity index (χ3n) is 4.59. The van der Waals surface area contributed by atoms with Gasteiger partial charge in [-0.3, -0.25) is 9.59 Å². The summed E-state index contributed by atoms with van der Waals surface area (Å²) in [7, 11) is 0. The fourth-order valence-electron chi connectivity index (χ4n) is 3.01. The SMILES string of the molecule is C[C@H](Oc1ccc2c(c1)OCO2)C(=O)NCCn1nc(-c2ccccc2)ccc1=O. The molecule has 1 aliphatic heterocycles. The maximum atomic E-state index is 12.3. The van der Waals surface area contributed by atoms with Gasteiger partial charge >= 0.3 is 0 Å². The van der Waals surface area contributed by atoms with E-state index in [2.05, 4.69) is 10.4 Å². The molecule has 1 aromatic heterocycles. The summed E-state index contributed by atoms with van der Waals surface area (Å²) in [5.74, 6) is 1.45. The van der Waals surface area contributed by atoms with Gasteiger partial charge in [0.1, 0.15) is 5.75 Å². The second-order valence-corrected chi connectivity index (χ2v) is 6.71. The van der Waals surface area contributed by atoms with Crippen molar-refractivity contribution in [2.24, 2.45) is 0 Å². The van der Waals surface area contributed by atoms with E-state index in [1.807, 2.05) is 30.3 Å². The van der Waals surface area contributed by atoms with Crippen LogP contribution in [-0.2, 0) is 11.3 Å². The van der Waals surface area contributed by atoms with Crippen molar-refractivity contribution in [1.82, 2.24) is 15.1 Å². The molecule has 1 N–H and O–H groups in total. The molecule has 4 rings (SSSR count). The van der Waals surface area contributed by atoms with Gasteiger partial charge in [0, 0.05) is 24.2 Å². The highest BCUT2D eigenvalue weighted by atomic mass is 16.7. The summed E-state index contributed by atoms with van der Waals surface area (Å²) in [5, 5.41) is 7.15. The minimum atomic E-state index is -0.717. The minimum absolute atomic E-state index is 0.174. The quantitative estimate of drug-likeness (QED) is 0.646. The predicted octanol–water partition coefficient (Wildman–Crippen LogP) is 2.22. The molecular weight excluding hydrogens is 386 g/mol. The van der Waals surface area contributed by atoms with E-state index in [9.17, 15) is 9.59 Å². The van der Waals surface area contributed by atoms with Crippen LogP contribution in [0.25, 0.3) is 11.3 Å². The van der Waals surface area contributed by atoms with Crippen molar-refractivity contribution < 1.29 is 19.0 Å². The van der Waals surface area contributed by atoms with Gasteiger partial charge in [0.25, 0.3) is 11.5 Å². The Bertz CT molecular complexity index is 1100. The van der Waals surface area contributed by atoms with Gasteiger partial charge in [-0.15, -0.1) is 0 Å². The Hall–Kier alpha value is -3.81. The highest BCUT2D eigenvalue weighted by molar-refractivity contribution is 5.80. The average Bonchev–Trinajstić information content (AvgIpc) is 3.23. The predicted molar refractivity (Wildman–Crippen MR) is 110 cm³/mol. The van der Waals surface area contributed by atoms with Gasteiger partial charge in [-0.05, 0) is 25.1 Å². The van der Waals surface area contributed by atoms with Crippen molar-refractivity contribution in [2.45, 2.75) is 19.6 Å². The van der Waals surface area contributed by atoms with Crippen LogP contribution in [0.4, 0.5) is 0 Å². The Balaban J connectivity index is 1.32. The molecule has 1 aliphatic rings. The summed E-state index contributed by atoms with van der Waals surface area (Å²) in [4.78, 5) is 24.4. The first kappa shape index (κ1) is 19.5. The molecule has 0 unspecified atom stereocenters. The van der Waals surface area contributed by atoms with Crippen molar-refractivity contribution in [3.63, 3.8) is 0 Å². The fraction of sp³-hybridized carbons (Fsp3) is 0.227. The maximum absolute atomic E-state index is 12.3. The number of hydrogen-bond acceptors (Lipinski definition) is 6. The number of amides is 1. The zero-order valence-electron chi connectivity index (χ0n) is 16.4. The third-order valence-corrected chi connectivity index (χ3v) is 4.59. The summed E-state index contributed by atoms with van der Waals surface area (Å²) in [6.07, 6.45) is -0.717. The lowest BCUT2D eigenvalue weighted by atomic mass is 10.1. The molecule has 0 radical (unpaired) electrons. The van der Waals surface area contributed by atoms with E-state index in [-0.39, 0.29) is 31.3 Å². The number of ether oxygens (including phenoxy) is 3. The summed E-state index contributed by atoms with van der Waals surface area (Å²) in [5.41, 5.74) is 1.38. The topological polar surface area (TPSA) is 91.7 Å². The molecule has 1 amide bonds. The number of nitrogens with one attached hydrogen (secondary N) is 1. The molecular formula is C22H21N3O5. The molecule has 0 saturated heterocycles. The standard InChI is InChI=1S/C22H21N3O5/c1-15(30-17-7-9-19-20(13-17)29-14-28-19)22(27)23-11-12-25-21(26)10-8-18(24-25)16-5-3-2-4-6-16/h2-10,13,15H,11-12,14H2,1H3,(H,23,27)/t15-/m0/s1. The largest absolute Gasteiger partial charge is 0.481 e. The van der Waals surface area contributed by atoms with Gasteiger partial charge in [0.2, 0.25) is 6.79 Å². The van der Waals surface area contributed by atoms with Gasteiger partial charge in [-0.1, -0.05) is 30.3 Å². The van der Waals surface area contributed by atoms with Gasteiger partial charge in [-0.2, -0.15) is 5.10 Å². The highest BCUT2D eigenvalue weighted by Gasteiger charge is 2.18. The number of benzene rings is 2. The Labute approximate surface area is 173 Å². The zero-order chi connectivity index (χ0) is 20.9. The highest BCUT2D eigenvalue weighted by Crippen LogP contribution is 2.35. The normalized spacial score (nSPS) is 13.0. The van der Waals surface area contributed by atoms with Crippen LogP contribution in [0.3, 0.4) is 0 Å².